The predicted octanol–water partition coefficient (Wildman–Crippen LogP) is 1.52. The van der Waals surface area contributed by atoms with E-state index in [1.807, 2.05) is 16.8 Å². The van der Waals surface area contributed by atoms with Gasteiger partial charge in [-0.15, -0.1) is 0 Å². The molecule has 2 rings (SSSR count). The molecule has 2 saturated heterocycles. The fraction of sp³-hybridized carbons (Fsp3) is 0.923. The Balaban J connectivity index is 1.77. The molecule has 0 bridgehead atoms. The first-order valence-electron chi connectivity index (χ1n) is 6.94. The smallest absolute Gasteiger partial charge is 0.320 e. The summed E-state index contributed by atoms with van der Waals surface area (Å²) in [6.45, 7) is 6.32. The summed E-state index contributed by atoms with van der Waals surface area (Å²) in [5.41, 5.74) is 0. The average molecular weight is 239 g/mol. The molecule has 0 aromatic rings. The number of nitrogens with zero attached hydrogens (tertiary/aromatic N) is 2. The molecule has 2 atom stereocenters. The van der Waals surface area contributed by atoms with E-state index < -0.39 is 0 Å². The Labute approximate surface area is 104 Å². The molecule has 17 heavy (non-hydrogen) atoms. The van der Waals surface area contributed by atoms with Gasteiger partial charge in [0.05, 0.1) is 6.04 Å². The largest absolute Gasteiger partial charge is 0.323 e. The summed E-state index contributed by atoms with van der Waals surface area (Å²) in [5, 5.41) is 3.44. The normalized spacial score (nSPS) is 30.1. The van der Waals surface area contributed by atoms with Crippen LogP contribution in [0.1, 0.15) is 32.6 Å². The quantitative estimate of drug-likeness (QED) is 0.807. The van der Waals surface area contributed by atoms with Gasteiger partial charge in [0.15, 0.2) is 0 Å². The summed E-state index contributed by atoms with van der Waals surface area (Å²) in [4.78, 5) is 15.9. The third-order valence-electron chi connectivity index (χ3n) is 4.23. The Kier molecular flexibility index (Phi) is 4.26. The average Bonchev–Trinajstić information content (AvgIpc) is 2.65. The van der Waals surface area contributed by atoms with Crippen LogP contribution in [0, 0.1) is 5.92 Å². The monoisotopic (exact) mass is 239 g/mol. The number of hydrogen-bond donors (Lipinski definition) is 1. The van der Waals surface area contributed by atoms with E-state index in [1.54, 1.807) is 0 Å². The zero-order valence-corrected chi connectivity index (χ0v) is 11.1. The minimum Gasteiger partial charge on any atom is -0.323 e. The van der Waals surface area contributed by atoms with Gasteiger partial charge in [-0.1, -0.05) is 6.92 Å². The number of likely N-dealkylation sites (N-methyl/N-ethyl adjacent to an activating group) is 1. The molecule has 0 spiro atoms. The second-order valence-electron chi connectivity index (χ2n) is 5.40. The summed E-state index contributed by atoms with van der Waals surface area (Å²) >= 11 is 0. The maximum absolute atomic E-state index is 12.0. The van der Waals surface area contributed by atoms with Crippen molar-refractivity contribution in [2.75, 3.05) is 33.2 Å². The van der Waals surface area contributed by atoms with Gasteiger partial charge in [-0.25, -0.2) is 4.79 Å². The first-order chi connectivity index (χ1) is 8.22. The molecule has 2 aliphatic rings. The summed E-state index contributed by atoms with van der Waals surface area (Å²) in [7, 11) is 1.93. The summed E-state index contributed by atoms with van der Waals surface area (Å²) < 4.78 is 0. The van der Waals surface area contributed by atoms with E-state index in [0.29, 0.717) is 6.04 Å². The molecular formula is C13H25N3O. The lowest BCUT2D eigenvalue weighted by Crippen LogP contribution is -2.35. The van der Waals surface area contributed by atoms with Crippen LogP contribution in [0.4, 0.5) is 4.79 Å². The number of hydrogen-bond acceptors (Lipinski definition) is 2. The van der Waals surface area contributed by atoms with E-state index in [9.17, 15) is 4.79 Å². The van der Waals surface area contributed by atoms with Crippen molar-refractivity contribution in [3.63, 3.8) is 0 Å². The molecule has 4 nitrogen and oxygen atoms in total. The second kappa shape index (κ2) is 5.71. The van der Waals surface area contributed by atoms with Crippen LogP contribution in [0.25, 0.3) is 0 Å². The minimum absolute atomic E-state index is 0.223. The molecule has 2 fully saturated rings. The molecule has 2 amide bonds. The molecule has 2 heterocycles. The predicted molar refractivity (Wildman–Crippen MR) is 69.0 cm³/mol. The highest BCUT2D eigenvalue weighted by atomic mass is 16.2. The fourth-order valence-electron chi connectivity index (χ4n) is 2.93. The van der Waals surface area contributed by atoms with Crippen molar-refractivity contribution in [1.29, 1.82) is 0 Å². The first kappa shape index (κ1) is 12.7. The van der Waals surface area contributed by atoms with Crippen LogP contribution >= 0.6 is 0 Å². The number of urea groups is 1. The maximum Gasteiger partial charge on any atom is 0.320 e. The molecule has 2 unspecified atom stereocenters. The van der Waals surface area contributed by atoms with Gasteiger partial charge in [0, 0.05) is 20.1 Å². The lowest BCUT2D eigenvalue weighted by Gasteiger charge is -2.25. The third-order valence-corrected chi connectivity index (χ3v) is 4.23. The number of amides is 2. The van der Waals surface area contributed by atoms with Gasteiger partial charge in [-0.05, 0) is 44.7 Å². The first-order valence-corrected chi connectivity index (χ1v) is 6.94. The van der Waals surface area contributed by atoms with Crippen molar-refractivity contribution in [3.05, 3.63) is 0 Å². The van der Waals surface area contributed by atoms with Gasteiger partial charge in [0.25, 0.3) is 0 Å². The Morgan fingerprint density at radius 3 is 2.88 bits per heavy atom. The van der Waals surface area contributed by atoms with Crippen LogP contribution in [-0.2, 0) is 0 Å². The van der Waals surface area contributed by atoms with Crippen molar-refractivity contribution in [1.82, 2.24) is 15.1 Å². The molecule has 4 heteroatoms. The van der Waals surface area contributed by atoms with E-state index in [2.05, 4.69) is 12.2 Å². The summed E-state index contributed by atoms with van der Waals surface area (Å²) in [5.74, 6) is 0.766. The van der Waals surface area contributed by atoms with Crippen LogP contribution in [0.2, 0.25) is 0 Å². The van der Waals surface area contributed by atoms with Crippen molar-refractivity contribution in [2.24, 2.45) is 5.92 Å². The van der Waals surface area contributed by atoms with Crippen molar-refractivity contribution in [2.45, 2.75) is 38.6 Å². The van der Waals surface area contributed by atoms with E-state index >= 15 is 0 Å². The van der Waals surface area contributed by atoms with Crippen molar-refractivity contribution >= 4 is 6.03 Å². The number of rotatable bonds is 4. The Morgan fingerprint density at radius 2 is 2.29 bits per heavy atom. The molecule has 2 aliphatic heterocycles. The SMILES string of the molecule is CCC1CN(CCC2CCCNC2)C(=O)N1C. The standard InChI is InChI=1S/C13H25N3O/c1-3-12-10-16(13(17)15(12)2)8-6-11-5-4-7-14-9-11/h11-12,14H,3-10H2,1-2H3. The molecule has 0 aromatic carbocycles. The summed E-state index contributed by atoms with van der Waals surface area (Å²) in [6.07, 6.45) is 4.82. The highest BCUT2D eigenvalue weighted by Crippen LogP contribution is 2.19. The number of piperidine rings is 1. The van der Waals surface area contributed by atoms with Crippen molar-refractivity contribution in [3.8, 4) is 0 Å². The lowest BCUT2D eigenvalue weighted by molar-refractivity contribution is 0.191. The lowest BCUT2D eigenvalue weighted by atomic mass is 9.96. The van der Waals surface area contributed by atoms with E-state index in [0.717, 1.165) is 38.4 Å². The zero-order valence-electron chi connectivity index (χ0n) is 11.1. The van der Waals surface area contributed by atoms with E-state index in [4.69, 9.17) is 0 Å². The van der Waals surface area contributed by atoms with Gasteiger partial charge in [-0.3, -0.25) is 0 Å². The highest BCUT2D eigenvalue weighted by molar-refractivity contribution is 5.76. The fourth-order valence-corrected chi connectivity index (χ4v) is 2.93. The van der Waals surface area contributed by atoms with Crippen LogP contribution in [0.15, 0.2) is 0 Å². The molecule has 0 aliphatic carbocycles. The van der Waals surface area contributed by atoms with Crippen LogP contribution < -0.4 is 5.32 Å². The highest BCUT2D eigenvalue weighted by Gasteiger charge is 2.33. The molecule has 0 radical (unpaired) electrons. The minimum atomic E-state index is 0.223. The Hall–Kier alpha value is -0.770. The number of carbonyl (C=O) groups excluding carboxylic acids is 1. The molecule has 0 saturated carbocycles. The maximum atomic E-state index is 12.0. The Bertz CT molecular complexity index is 263. The van der Waals surface area contributed by atoms with E-state index in [-0.39, 0.29) is 6.03 Å². The van der Waals surface area contributed by atoms with Gasteiger partial charge in [-0.2, -0.15) is 0 Å². The molecule has 98 valence electrons. The van der Waals surface area contributed by atoms with Crippen LogP contribution in [0.5, 0.6) is 0 Å². The number of nitrogens with one attached hydrogen (secondary N) is 1. The van der Waals surface area contributed by atoms with Crippen molar-refractivity contribution < 1.29 is 4.79 Å². The van der Waals surface area contributed by atoms with Gasteiger partial charge >= 0.3 is 6.03 Å². The van der Waals surface area contributed by atoms with Gasteiger partial charge < -0.3 is 15.1 Å². The second-order valence-corrected chi connectivity index (χ2v) is 5.40. The third kappa shape index (κ3) is 2.92. The molecule has 0 aromatic heterocycles. The summed E-state index contributed by atoms with van der Waals surface area (Å²) in [6, 6.07) is 0.646. The van der Waals surface area contributed by atoms with E-state index in [1.165, 1.54) is 19.4 Å². The Morgan fingerprint density at radius 1 is 1.47 bits per heavy atom. The van der Waals surface area contributed by atoms with Gasteiger partial charge in [0.1, 0.15) is 0 Å². The zero-order chi connectivity index (χ0) is 12.3. The number of carbonyl (C=O) groups is 1. The topological polar surface area (TPSA) is 35.6 Å². The molecule has 1 N–H and O–H groups in total. The molecular weight excluding hydrogens is 214 g/mol. The van der Waals surface area contributed by atoms with Gasteiger partial charge in [0.2, 0.25) is 0 Å². The van der Waals surface area contributed by atoms with Crippen LogP contribution in [-0.4, -0.2) is 55.1 Å². The van der Waals surface area contributed by atoms with Crippen LogP contribution in [0.3, 0.4) is 0 Å².